The molecule has 1 aromatic carbocycles. The Morgan fingerprint density at radius 1 is 1.26 bits per heavy atom. The summed E-state index contributed by atoms with van der Waals surface area (Å²) in [4.78, 5) is 37.1. The Hall–Kier alpha value is -2.44. The van der Waals surface area contributed by atoms with E-state index in [-0.39, 0.29) is 47.1 Å². The molecule has 1 aliphatic heterocycles. The number of nitro benzene ring substituents is 1. The number of esters is 1. The molecule has 2 unspecified atom stereocenters. The lowest BCUT2D eigenvalue weighted by Gasteiger charge is -2.39. The Morgan fingerprint density at radius 2 is 1.96 bits per heavy atom. The van der Waals surface area contributed by atoms with Gasteiger partial charge in [0, 0.05) is 24.2 Å². The van der Waals surface area contributed by atoms with Crippen LogP contribution in [0.25, 0.3) is 0 Å². The van der Waals surface area contributed by atoms with E-state index < -0.39 is 10.9 Å². The monoisotopic (exact) mass is 374 g/mol. The van der Waals surface area contributed by atoms with E-state index in [1.807, 2.05) is 4.90 Å². The molecule has 1 saturated heterocycles. The topological polar surface area (TPSA) is 89.8 Å². The zero-order valence-corrected chi connectivity index (χ0v) is 16.1. The van der Waals surface area contributed by atoms with E-state index in [2.05, 4.69) is 20.8 Å². The molecule has 0 aromatic heterocycles. The minimum Gasteiger partial charge on any atom is -0.455 e. The highest BCUT2D eigenvalue weighted by Gasteiger charge is 2.50. The van der Waals surface area contributed by atoms with Crippen molar-refractivity contribution in [3.63, 3.8) is 0 Å². The number of carbonyl (C=O) groups excluding carboxylic acids is 2. The number of rotatable bonds is 5. The van der Waals surface area contributed by atoms with E-state index in [0.29, 0.717) is 6.54 Å². The average molecular weight is 374 g/mol. The SMILES string of the molecule is CC1(C)CC2CC(C)(CN2C(=O)COC(=O)Cc2ccccc2[N+](=O)[O-])C1. The van der Waals surface area contributed by atoms with Crippen LogP contribution in [0.5, 0.6) is 0 Å². The Morgan fingerprint density at radius 3 is 2.67 bits per heavy atom. The Labute approximate surface area is 158 Å². The van der Waals surface area contributed by atoms with Crippen LogP contribution < -0.4 is 0 Å². The average Bonchev–Trinajstić information content (AvgIpc) is 2.82. The van der Waals surface area contributed by atoms with Gasteiger partial charge in [-0.1, -0.05) is 39.0 Å². The molecule has 1 saturated carbocycles. The van der Waals surface area contributed by atoms with Gasteiger partial charge < -0.3 is 9.64 Å². The summed E-state index contributed by atoms with van der Waals surface area (Å²) in [6, 6.07) is 6.24. The normalized spacial score (nSPS) is 25.9. The van der Waals surface area contributed by atoms with Gasteiger partial charge in [-0.2, -0.15) is 0 Å². The summed E-state index contributed by atoms with van der Waals surface area (Å²) < 4.78 is 5.14. The van der Waals surface area contributed by atoms with Crippen molar-refractivity contribution in [2.75, 3.05) is 13.2 Å². The fraction of sp³-hybridized carbons (Fsp3) is 0.600. The second-order valence-corrected chi connectivity index (χ2v) is 8.96. The first-order valence-corrected chi connectivity index (χ1v) is 9.26. The molecule has 2 fully saturated rings. The van der Waals surface area contributed by atoms with E-state index in [1.54, 1.807) is 12.1 Å². The van der Waals surface area contributed by atoms with Gasteiger partial charge in [0.25, 0.3) is 11.6 Å². The fourth-order valence-electron chi connectivity index (χ4n) is 5.02. The number of fused-ring (bicyclic) bond motifs is 2. The predicted octanol–water partition coefficient (Wildman–Crippen LogP) is 3.11. The van der Waals surface area contributed by atoms with E-state index in [4.69, 9.17) is 4.74 Å². The first-order valence-electron chi connectivity index (χ1n) is 9.26. The Balaban J connectivity index is 1.57. The van der Waals surface area contributed by atoms with Crippen LogP contribution in [0.3, 0.4) is 0 Å². The number of nitrogens with zero attached hydrogens (tertiary/aromatic N) is 2. The number of para-hydroxylation sites is 1. The summed E-state index contributed by atoms with van der Waals surface area (Å²) in [5.74, 6) is -0.816. The third-order valence-electron chi connectivity index (χ3n) is 5.61. The smallest absolute Gasteiger partial charge is 0.311 e. The predicted molar refractivity (Wildman–Crippen MR) is 99.0 cm³/mol. The highest BCUT2D eigenvalue weighted by atomic mass is 16.6. The standard InChI is InChI=1S/C20H26N2O5/c1-19(2)9-15-10-20(3,12-19)13-21(15)17(23)11-27-18(24)8-14-6-4-5-7-16(14)22(25)26/h4-7,15H,8-13H2,1-3H3. The van der Waals surface area contributed by atoms with Crippen molar-refractivity contribution in [3.05, 3.63) is 39.9 Å². The van der Waals surface area contributed by atoms with Crippen LogP contribution in [0, 0.1) is 20.9 Å². The maximum absolute atomic E-state index is 12.6. The van der Waals surface area contributed by atoms with Gasteiger partial charge in [0.15, 0.2) is 6.61 Å². The molecule has 27 heavy (non-hydrogen) atoms. The minimum absolute atomic E-state index is 0.121. The summed E-state index contributed by atoms with van der Waals surface area (Å²) in [6.07, 6.45) is 2.81. The number of nitro groups is 1. The summed E-state index contributed by atoms with van der Waals surface area (Å²) in [5, 5.41) is 11.0. The van der Waals surface area contributed by atoms with Gasteiger partial charge in [0.2, 0.25) is 0 Å². The molecule has 3 rings (SSSR count). The number of hydrogen-bond acceptors (Lipinski definition) is 5. The molecule has 1 heterocycles. The summed E-state index contributed by atoms with van der Waals surface area (Å²) >= 11 is 0. The van der Waals surface area contributed by atoms with Crippen molar-refractivity contribution in [2.45, 2.75) is 52.5 Å². The number of ether oxygens (including phenoxy) is 1. The van der Waals surface area contributed by atoms with Gasteiger partial charge in [-0.25, -0.2) is 0 Å². The number of likely N-dealkylation sites (tertiary alicyclic amines) is 1. The van der Waals surface area contributed by atoms with Gasteiger partial charge in [0.1, 0.15) is 0 Å². The van der Waals surface area contributed by atoms with Gasteiger partial charge in [-0.15, -0.1) is 0 Å². The Kier molecular flexibility index (Phi) is 4.97. The minimum atomic E-state index is -0.633. The molecule has 2 bridgehead atoms. The zero-order chi connectivity index (χ0) is 19.8. The lowest BCUT2D eigenvalue weighted by Crippen LogP contribution is -2.40. The van der Waals surface area contributed by atoms with E-state index >= 15 is 0 Å². The first kappa shape index (κ1) is 19.3. The fourth-order valence-corrected chi connectivity index (χ4v) is 5.02. The van der Waals surface area contributed by atoms with Crippen LogP contribution in [-0.4, -0.2) is 40.9 Å². The highest BCUT2D eigenvalue weighted by molar-refractivity contribution is 5.82. The molecule has 2 aliphatic rings. The number of hydrogen-bond donors (Lipinski definition) is 0. The molecule has 7 nitrogen and oxygen atoms in total. The quantitative estimate of drug-likeness (QED) is 0.449. The van der Waals surface area contributed by atoms with Crippen molar-refractivity contribution < 1.29 is 19.2 Å². The van der Waals surface area contributed by atoms with Crippen LogP contribution in [0.2, 0.25) is 0 Å². The molecule has 7 heteroatoms. The lowest BCUT2D eigenvalue weighted by molar-refractivity contribution is -0.385. The largest absolute Gasteiger partial charge is 0.455 e. The van der Waals surface area contributed by atoms with E-state index in [1.165, 1.54) is 12.1 Å². The lowest BCUT2D eigenvalue weighted by atomic mass is 9.65. The Bertz CT molecular complexity index is 775. The van der Waals surface area contributed by atoms with E-state index in [0.717, 1.165) is 19.3 Å². The van der Waals surface area contributed by atoms with Crippen LogP contribution in [0.15, 0.2) is 24.3 Å². The van der Waals surface area contributed by atoms with Crippen LogP contribution in [0.4, 0.5) is 5.69 Å². The zero-order valence-electron chi connectivity index (χ0n) is 16.1. The van der Waals surface area contributed by atoms with Gasteiger partial charge in [-0.3, -0.25) is 19.7 Å². The molecule has 2 atom stereocenters. The number of carbonyl (C=O) groups is 2. The third kappa shape index (κ3) is 4.28. The maximum atomic E-state index is 12.6. The maximum Gasteiger partial charge on any atom is 0.311 e. The molecule has 0 spiro atoms. The number of amides is 1. The molecule has 146 valence electrons. The first-order chi connectivity index (χ1) is 12.6. The van der Waals surface area contributed by atoms with Gasteiger partial charge >= 0.3 is 5.97 Å². The van der Waals surface area contributed by atoms with E-state index in [9.17, 15) is 19.7 Å². The summed E-state index contributed by atoms with van der Waals surface area (Å²) in [5.41, 5.74) is 0.488. The molecular formula is C20H26N2O5. The molecule has 1 aromatic rings. The van der Waals surface area contributed by atoms with Crippen LogP contribution in [-0.2, 0) is 20.7 Å². The molecule has 0 N–H and O–H groups in total. The summed E-state index contributed by atoms with van der Waals surface area (Å²) in [7, 11) is 0. The van der Waals surface area contributed by atoms with Crippen molar-refractivity contribution in [3.8, 4) is 0 Å². The molecule has 1 aliphatic carbocycles. The highest BCUT2D eigenvalue weighted by Crippen LogP contribution is 2.52. The van der Waals surface area contributed by atoms with Crippen molar-refractivity contribution in [2.24, 2.45) is 10.8 Å². The van der Waals surface area contributed by atoms with Crippen molar-refractivity contribution in [1.29, 1.82) is 0 Å². The molecular weight excluding hydrogens is 348 g/mol. The summed E-state index contributed by atoms with van der Waals surface area (Å²) in [6.45, 7) is 7.07. The van der Waals surface area contributed by atoms with Gasteiger partial charge in [0.05, 0.1) is 11.3 Å². The van der Waals surface area contributed by atoms with Crippen molar-refractivity contribution in [1.82, 2.24) is 4.90 Å². The number of benzene rings is 1. The second kappa shape index (κ2) is 6.94. The van der Waals surface area contributed by atoms with Crippen molar-refractivity contribution >= 4 is 17.6 Å². The van der Waals surface area contributed by atoms with Crippen LogP contribution in [0.1, 0.15) is 45.6 Å². The molecule has 0 radical (unpaired) electrons. The third-order valence-corrected chi connectivity index (χ3v) is 5.61. The second-order valence-electron chi connectivity index (χ2n) is 8.96. The molecule has 1 amide bonds. The van der Waals surface area contributed by atoms with Crippen LogP contribution >= 0.6 is 0 Å². The van der Waals surface area contributed by atoms with Gasteiger partial charge in [-0.05, 0) is 30.1 Å².